The molecule has 0 spiro atoms. The molecule has 0 radical (unpaired) electrons. The first kappa shape index (κ1) is 18.7. The van der Waals surface area contributed by atoms with Crippen LogP contribution in [-0.2, 0) is 0 Å². The van der Waals surface area contributed by atoms with E-state index in [0.29, 0.717) is 0 Å². The Labute approximate surface area is 122 Å². The first-order valence-electron chi connectivity index (χ1n) is 8.77. The van der Waals surface area contributed by atoms with Crippen molar-refractivity contribution < 1.29 is 0 Å². The highest BCUT2D eigenvalue weighted by Gasteiger charge is 1.90. The highest BCUT2D eigenvalue weighted by molar-refractivity contribution is 4.81. The smallest absolute Gasteiger partial charge is 0.00489 e. The van der Waals surface area contributed by atoms with Gasteiger partial charge in [0, 0.05) is 0 Å². The molecule has 0 aliphatic carbocycles. The third-order valence-electron chi connectivity index (χ3n) is 3.57. The monoisotopic (exact) mass is 267 g/mol. The Morgan fingerprint density at radius 3 is 1.63 bits per heavy atom. The van der Waals surface area contributed by atoms with E-state index in [9.17, 15) is 0 Å². The largest absolute Gasteiger partial charge is 0.317 e. The Hall–Kier alpha value is -0.300. The maximum atomic E-state index is 3.53. The maximum absolute atomic E-state index is 3.53. The van der Waals surface area contributed by atoms with E-state index in [1.807, 2.05) is 0 Å². The third kappa shape index (κ3) is 17.7. The average Bonchev–Trinajstić information content (AvgIpc) is 2.43. The van der Waals surface area contributed by atoms with Gasteiger partial charge < -0.3 is 5.32 Å². The molecule has 0 fully saturated rings. The van der Waals surface area contributed by atoms with Crippen LogP contribution in [0.1, 0.15) is 90.9 Å². The Balaban J connectivity index is 2.99. The van der Waals surface area contributed by atoms with Crippen molar-refractivity contribution in [2.45, 2.75) is 90.9 Å². The molecular formula is C18H37N. The predicted molar refractivity (Wildman–Crippen MR) is 88.8 cm³/mol. The summed E-state index contributed by atoms with van der Waals surface area (Å²) < 4.78 is 0. The number of rotatable bonds is 15. The average molecular weight is 268 g/mol. The van der Waals surface area contributed by atoms with Gasteiger partial charge >= 0.3 is 0 Å². The minimum Gasteiger partial charge on any atom is -0.317 e. The second-order valence-electron chi connectivity index (χ2n) is 5.63. The van der Waals surface area contributed by atoms with Gasteiger partial charge in [0.1, 0.15) is 0 Å². The molecule has 0 atom stereocenters. The third-order valence-corrected chi connectivity index (χ3v) is 3.57. The lowest BCUT2D eigenvalue weighted by molar-refractivity contribution is 0.576. The molecule has 1 N–H and O–H groups in total. The molecular weight excluding hydrogens is 230 g/mol. The van der Waals surface area contributed by atoms with Crippen LogP contribution >= 0.6 is 0 Å². The lowest BCUT2D eigenvalue weighted by atomic mass is 10.1. The number of nitrogens with one attached hydrogen (secondary N) is 1. The Morgan fingerprint density at radius 2 is 1.05 bits per heavy atom. The van der Waals surface area contributed by atoms with Crippen LogP contribution in [0.25, 0.3) is 0 Å². The molecule has 1 heteroatoms. The maximum Gasteiger partial charge on any atom is -0.00489 e. The van der Waals surface area contributed by atoms with E-state index < -0.39 is 0 Å². The van der Waals surface area contributed by atoms with Crippen LogP contribution in [-0.4, -0.2) is 13.1 Å². The first-order chi connectivity index (χ1) is 9.41. The van der Waals surface area contributed by atoms with E-state index in [-0.39, 0.29) is 0 Å². The van der Waals surface area contributed by atoms with Crippen molar-refractivity contribution in [3.05, 3.63) is 12.2 Å². The molecule has 0 saturated carbocycles. The van der Waals surface area contributed by atoms with Crippen molar-refractivity contribution in [3.8, 4) is 0 Å². The van der Waals surface area contributed by atoms with Crippen LogP contribution in [0.15, 0.2) is 12.2 Å². The zero-order valence-corrected chi connectivity index (χ0v) is 13.6. The summed E-state index contributed by atoms with van der Waals surface area (Å²) in [5.41, 5.74) is 0. The van der Waals surface area contributed by atoms with Gasteiger partial charge in [-0.15, -0.1) is 0 Å². The number of hydrogen-bond donors (Lipinski definition) is 1. The molecule has 19 heavy (non-hydrogen) atoms. The fourth-order valence-electron chi connectivity index (χ4n) is 2.24. The Bertz CT molecular complexity index is 175. The molecule has 114 valence electrons. The minimum absolute atomic E-state index is 1.21. The Morgan fingerprint density at radius 1 is 0.579 bits per heavy atom. The fourth-order valence-corrected chi connectivity index (χ4v) is 2.24. The number of allylic oxidation sites excluding steroid dienone is 2. The molecule has 0 aromatic carbocycles. The highest BCUT2D eigenvalue weighted by Crippen LogP contribution is 2.05. The van der Waals surface area contributed by atoms with Crippen LogP contribution in [0.2, 0.25) is 0 Å². The van der Waals surface area contributed by atoms with Gasteiger partial charge in [-0.2, -0.15) is 0 Å². The van der Waals surface area contributed by atoms with E-state index in [2.05, 4.69) is 31.3 Å². The summed E-state index contributed by atoms with van der Waals surface area (Å²) >= 11 is 0. The topological polar surface area (TPSA) is 12.0 Å². The number of unbranched alkanes of at least 4 members (excludes halogenated alkanes) is 9. The summed E-state index contributed by atoms with van der Waals surface area (Å²) in [5.74, 6) is 0. The van der Waals surface area contributed by atoms with E-state index in [0.717, 1.165) is 0 Å². The van der Waals surface area contributed by atoms with Crippen molar-refractivity contribution in [3.63, 3.8) is 0 Å². The van der Waals surface area contributed by atoms with Crippen LogP contribution in [0.5, 0.6) is 0 Å². The van der Waals surface area contributed by atoms with Gasteiger partial charge in [0.15, 0.2) is 0 Å². The standard InChI is InChI=1S/C18H37N/c1-3-5-7-8-9-10-11-12-13-14-16-18-19-17-15-6-4-2/h10-11,19H,3-9,12-18H2,1-2H3/b11-10+. The van der Waals surface area contributed by atoms with Gasteiger partial charge in [0.05, 0.1) is 0 Å². The zero-order valence-electron chi connectivity index (χ0n) is 13.6. The number of hydrogen-bond acceptors (Lipinski definition) is 1. The van der Waals surface area contributed by atoms with E-state index in [1.54, 1.807) is 0 Å². The minimum atomic E-state index is 1.21. The van der Waals surface area contributed by atoms with Crippen molar-refractivity contribution in [1.29, 1.82) is 0 Å². The highest BCUT2D eigenvalue weighted by atomic mass is 14.8. The van der Waals surface area contributed by atoms with Crippen molar-refractivity contribution in [2.75, 3.05) is 13.1 Å². The molecule has 0 aliphatic rings. The van der Waals surface area contributed by atoms with Gasteiger partial charge in [0.25, 0.3) is 0 Å². The second-order valence-corrected chi connectivity index (χ2v) is 5.63. The molecule has 0 aromatic heterocycles. The van der Waals surface area contributed by atoms with E-state index >= 15 is 0 Å². The van der Waals surface area contributed by atoms with Gasteiger partial charge in [-0.1, -0.05) is 64.5 Å². The lowest BCUT2D eigenvalue weighted by Gasteiger charge is -2.03. The Kier molecular flexibility index (Phi) is 17.4. The second kappa shape index (κ2) is 17.7. The van der Waals surface area contributed by atoms with Gasteiger partial charge in [-0.3, -0.25) is 0 Å². The quantitative estimate of drug-likeness (QED) is 0.290. The van der Waals surface area contributed by atoms with Crippen LogP contribution in [0, 0.1) is 0 Å². The molecule has 0 heterocycles. The molecule has 0 unspecified atom stereocenters. The van der Waals surface area contributed by atoms with Crippen LogP contribution in [0.4, 0.5) is 0 Å². The van der Waals surface area contributed by atoms with Crippen molar-refractivity contribution in [2.24, 2.45) is 0 Å². The predicted octanol–water partition coefficient (Wildman–Crippen LogP) is 5.85. The molecule has 0 rings (SSSR count). The molecule has 1 nitrogen and oxygen atoms in total. The lowest BCUT2D eigenvalue weighted by Crippen LogP contribution is -2.16. The summed E-state index contributed by atoms with van der Waals surface area (Å²) in [6, 6.07) is 0. The summed E-state index contributed by atoms with van der Waals surface area (Å²) in [6.45, 7) is 6.96. The normalized spacial score (nSPS) is 11.5. The molecule has 0 aromatic rings. The molecule has 0 bridgehead atoms. The summed E-state index contributed by atoms with van der Waals surface area (Å²) in [7, 11) is 0. The summed E-state index contributed by atoms with van der Waals surface area (Å²) in [5, 5.41) is 3.53. The summed E-state index contributed by atoms with van der Waals surface area (Å²) in [4.78, 5) is 0. The molecule has 0 saturated heterocycles. The molecule has 0 aliphatic heterocycles. The zero-order chi connectivity index (χ0) is 14.0. The first-order valence-corrected chi connectivity index (χ1v) is 8.77. The van der Waals surface area contributed by atoms with Crippen molar-refractivity contribution >= 4 is 0 Å². The SMILES string of the molecule is CCCCCC/C=C/CCCCCNCCCCC. The van der Waals surface area contributed by atoms with E-state index in [4.69, 9.17) is 0 Å². The summed E-state index contributed by atoms with van der Waals surface area (Å²) in [6.07, 6.45) is 21.0. The van der Waals surface area contributed by atoms with Gasteiger partial charge in [0.2, 0.25) is 0 Å². The van der Waals surface area contributed by atoms with Crippen LogP contribution < -0.4 is 5.32 Å². The van der Waals surface area contributed by atoms with E-state index in [1.165, 1.54) is 90.1 Å². The van der Waals surface area contributed by atoms with Gasteiger partial charge in [-0.05, 0) is 51.6 Å². The van der Waals surface area contributed by atoms with Crippen molar-refractivity contribution in [1.82, 2.24) is 5.32 Å². The molecule has 0 amide bonds. The fraction of sp³-hybridized carbons (Fsp3) is 0.889. The van der Waals surface area contributed by atoms with Gasteiger partial charge in [-0.25, -0.2) is 0 Å². The van der Waals surface area contributed by atoms with Crippen LogP contribution in [0.3, 0.4) is 0 Å².